The van der Waals surface area contributed by atoms with Gasteiger partial charge in [-0.3, -0.25) is 0 Å². The number of hydrogen-bond donors (Lipinski definition) is 0. The SMILES string of the molecule is c1ccc(-c2cc(-c3ccccc3)cc(-n3c4ccccc4c4cc(-c5ccc6c(c5)c5ccccc5n6-c5cc([Si](c6ccccc6)(c6ccccc6)c6ccccc6)cc([Si](c6ccccc6)(c6ccccc6)c6ccccc6)c5)ccc43)c2)cc1. The summed E-state index contributed by atoms with van der Waals surface area (Å²) in [5.74, 6) is 0. The standard InChI is InChI=1S/C84H60N2Si2/c1-9-29-61(30-10-1)65-53-66(62-31-11-2-12-32-62)55-67(54-65)85-81-47-27-25-45-77(81)79-56-63(49-51-83(79)85)64-50-52-84-80(57-64)78-46-26-28-48-82(78)86(84)68-58-75(87(69-33-13-3-14-34-69,70-35-15-4-16-36-70)71-37-17-5-18-38-71)60-76(59-68)88(72-39-19-6-20-40-72,73-41-21-7-22-42-73)74-43-23-8-24-44-74/h1-60H. The molecule has 0 bridgehead atoms. The molecule has 0 atom stereocenters. The zero-order valence-electron chi connectivity index (χ0n) is 48.5. The molecule has 14 aromatic carbocycles. The number of fused-ring (bicyclic) bond motifs is 6. The van der Waals surface area contributed by atoms with Gasteiger partial charge in [0.05, 0.1) is 22.1 Å². The predicted octanol–water partition coefficient (Wildman–Crippen LogP) is 15.6. The molecular formula is C84H60N2Si2. The van der Waals surface area contributed by atoms with Crippen molar-refractivity contribution in [1.29, 1.82) is 0 Å². The molecular weight excluding hydrogens is 1090 g/mol. The van der Waals surface area contributed by atoms with Gasteiger partial charge < -0.3 is 9.13 Å². The van der Waals surface area contributed by atoms with Gasteiger partial charge in [0.2, 0.25) is 0 Å². The monoisotopic (exact) mass is 1150 g/mol. The van der Waals surface area contributed by atoms with Crippen molar-refractivity contribution in [3.63, 3.8) is 0 Å². The maximum atomic E-state index is 2.66. The molecule has 0 N–H and O–H groups in total. The molecule has 0 saturated carbocycles. The van der Waals surface area contributed by atoms with E-state index < -0.39 is 16.1 Å². The Labute approximate surface area is 515 Å². The van der Waals surface area contributed by atoms with Gasteiger partial charge in [-0.1, -0.05) is 297 Å². The highest BCUT2D eigenvalue weighted by molar-refractivity contribution is 7.22. The number of aromatic nitrogens is 2. The van der Waals surface area contributed by atoms with Crippen molar-refractivity contribution in [3.05, 3.63) is 364 Å². The van der Waals surface area contributed by atoms with Gasteiger partial charge in [0.1, 0.15) is 0 Å². The average Bonchev–Trinajstić information content (AvgIpc) is 0.894. The fourth-order valence-corrected chi connectivity index (χ4v) is 24.3. The van der Waals surface area contributed by atoms with Crippen LogP contribution in [0.2, 0.25) is 0 Å². The molecule has 2 aromatic heterocycles. The zero-order valence-corrected chi connectivity index (χ0v) is 50.5. The Kier molecular flexibility index (Phi) is 13.3. The number of nitrogens with zero attached hydrogens (tertiary/aromatic N) is 2. The third-order valence-electron chi connectivity index (χ3n) is 18.4. The van der Waals surface area contributed by atoms with Crippen LogP contribution in [-0.2, 0) is 0 Å². The van der Waals surface area contributed by atoms with Crippen LogP contribution in [0.1, 0.15) is 0 Å². The summed E-state index contributed by atoms with van der Waals surface area (Å²) in [6.45, 7) is 0. The van der Waals surface area contributed by atoms with E-state index in [-0.39, 0.29) is 0 Å². The van der Waals surface area contributed by atoms with E-state index in [4.69, 9.17) is 0 Å². The Hall–Kier alpha value is -10.9. The number of para-hydroxylation sites is 2. The van der Waals surface area contributed by atoms with E-state index in [1.807, 2.05) is 0 Å². The van der Waals surface area contributed by atoms with Crippen molar-refractivity contribution in [2.24, 2.45) is 0 Å². The minimum absolute atomic E-state index is 1.13. The molecule has 0 aliphatic rings. The molecule has 0 unspecified atom stereocenters. The van der Waals surface area contributed by atoms with Crippen LogP contribution < -0.4 is 41.5 Å². The lowest BCUT2D eigenvalue weighted by Crippen LogP contribution is -2.78. The molecule has 2 heterocycles. The molecule has 0 saturated heterocycles. The van der Waals surface area contributed by atoms with Crippen molar-refractivity contribution < 1.29 is 0 Å². The normalized spacial score (nSPS) is 11.9. The summed E-state index contributed by atoms with van der Waals surface area (Å²) in [4.78, 5) is 0. The smallest absolute Gasteiger partial charge is 0.179 e. The Morgan fingerprint density at radius 3 is 0.761 bits per heavy atom. The predicted molar refractivity (Wildman–Crippen MR) is 379 cm³/mol. The van der Waals surface area contributed by atoms with E-state index in [0.29, 0.717) is 0 Å². The second kappa shape index (κ2) is 22.2. The Bertz CT molecular complexity index is 4770. The topological polar surface area (TPSA) is 9.86 Å². The van der Waals surface area contributed by atoms with Crippen LogP contribution in [0, 0.1) is 0 Å². The van der Waals surface area contributed by atoms with Gasteiger partial charge in [-0.25, -0.2) is 0 Å². The number of benzene rings is 14. The molecule has 16 rings (SSSR count). The summed E-state index contributed by atoms with van der Waals surface area (Å²) in [5.41, 5.74) is 14.1. The fraction of sp³-hybridized carbons (Fsp3) is 0. The maximum Gasteiger partial charge on any atom is 0.179 e. The highest BCUT2D eigenvalue weighted by Gasteiger charge is 2.46. The summed E-state index contributed by atoms with van der Waals surface area (Å²) in [7, 11) is -6.27. The lowest BCUT2D eigenvalue weighted by molar-refractivity contribution is 1.18. The van der Waals surface area contributed by atoms with Crippen molar-refractivity contribution in [2.75, 3.05) is 0 Å². The summed E-state index contributed by atoms with van der Waals surface area (Å²) in [6, 6.07) is 137. The van der Waals surface area contributed by atoms with Gasteiger partial charge in [-0.05, 0) is 142 Å². The molecule has 0 radical (unpaired) electrons. The van der Waals surface area contributed by atoms with Crippen molar-refractivity contribution >= 4 is 101 Å². The van der Waals surface area contributed by atoms with Crippen LogP contribution in [0.4, 0.5) is 0 Å². The van der Waals surface area contributed by atoms with E-state index in [2.05, 4.69) is 373 Å². The quantitative estimate of drug-likeness (QED) is 0.0804. The van der Waals surface area contributed by atoms with E-state index in [1.54, 1.807) is 0 Å². The second-order valence-electron chi connectivity index (χ2n) is 23.1. The van der Waals surface area contributed by atoms with Crippen molar-refractivity contribution in [1.82, 2.24) is 9.13 Å². The zero-order chi connectivity index (χ0) is 58.4. The summed E-state index contributed by atoms with van der Waals surface area (Å²) in [5, 5.41) is 15.6. The van der Waals surface area contributed by atoms with Crippen molar-refractivity contribution in [2.45, 2.75) is 0 Å². The molecule has 2 nitrogen and oxygen atoms in total. The van der Waals surface area contributed by atoms with E-state index in [0.717, 1.165) is 16.9 Å². The molecule has 88 heavy (non-hydrogen) atoms. The lowest BCUT2D eigenvalue weighted by Gasteiger charge is -2.38. The molecule has 4 heteroatoms. The first-order valence-electron chi connectivity index (χ1n) is 30.5. The van der Waals surface area contributed by atoms with Gasteiger partial charge in [0.15, 0.2) is 16.1 Å². The minimum Gasteiger partial charge on any atom is -0.309 e. The van der Waals surface area contributed by atoms with Crippen LogP contribution in [0.25, 0.3) is 88.4 Å². The molecule has 0 aliphatic heterocycles. The highest BCUT2D eigenvalue weighted by atomic mass is 28.3. The summed E-state index contributed by atoms with van der Waals surface area (Å²) < 4.78 is 5.04. The van der Waals surface area contributed by atoms with Gasteiger partial charge >= 0.3 is 0 Å². The van der Waals surface area contributed by atoms with Crippen LogP contribution in [-0.4, -0.2) is 25.3 Å². The molecule has 0 spiro atoms. The van der Waals surface area contributed by atoms with Gasteiger partial charge in [0.25, 0.3) is 0 Å². The molecule has 0 aliphatic carbocycles. The van der Waals surface area contributed by atoms with Gasteiger partial charge in [-0.2, -0.15) is 0 Å². The summed E-state index contributed by atoms with van der Waals surface area (Å²) >= 11 is 0. The fourth-order valence-electron chi connectivity index (χ4n) is 14.5. The van der Waals surface area contributed by atoms with Crippen LogP contribution in [0.5, 0.6) is 0 Å². The number of rotatable bonds is 13. The average molecular weight is 1150 g/mol. The first kappa shape index (κ1) is 52.7. The minimum atomic E-state index is -3.14. The second-order valence-corrected chi connectivity index (χ2v) is 30.8. The lowest BCUT2D eigenvalue weighted by atomic mass is 9.98. The Morgan fingerprint density at radius 1 is 0.159 bits per heavy atom. The molecule has 0 fully saturated rings. The van der Waals surface area contributed by atoms with E-state index in [9.17, 15) is 0 Å². The number of hydrogen-bond acceptors (Lipinski definition) is 0. The third kappa shape index (κ3) is 8.75. The van der Waals surface area contributed by atoms with Crippen LogP contribution in [0.15, 0.2) is 364 Å². The van der Waals surface area contributed by atoms with Crippen LogP contribution in [0.3, 0.4) is 0 Å². The van der Waals surface area contributed by atoms with E-state index in [1.165, 1.54) is 113 Å². The third-order valence-corrected chi connectivity index (χ3v) is 27.9. The van der Waals surface area contributed by atoms with E-state index >= 15 is 0 Å². The summed E-state index contributed by atoms with van der Waals surface area (Å²) in [6.07, 6.45) is 0. The Balaban J connectivity index is 0.944. The van der Waals surface area contributed by atoms with Crippen LogP contribution >= 0.6 is 0 Å². The first-order chi connectivity index (χ1) is 43.6. The van der Waals surface area contributed by atoms with Gasteiger partial charge in [0, 0.05) is 32.9 Å². The van der Waals surface area contributed by atoms with Gasteiger partial charge in [-0.15, -0.1) is 0 Å². The molecule has 0 amide bonds. The van der Waals surface area contributed by atoms with Crippen molar-refractivity contribution in [3.8, 4) is 44.8 Å². The maximum absolute atomic E-state index is 3.14. The molecule has 414 valence electrons. The first-order valence-corrected chi connectivity index (χ1v) is 34.5. The largest absolute Gasteiger partial charge is 0.309 e. The Morgan fingerprint density at radius 2 is 0.432 bits per heavy atom. The molecule has 16 aromatic rings. The highest BCUT2D eigenvalue weighted by Crippen LogP contribution is 2.40.